The van der Waals surface area contributed by atoms with Gasteiger partial charge >= 0.3 is 6.18 Å². The number of alkyl halides is 3. The van der Waals surface area contributed by atoms with Gasteiger partial charge < -0.3 is 10.1 Å². The molecular formula is C18H17ClF3NO2. The first kappa shape index (κ1) is 19.1. The van der Waals surface area contributed by atoms with Crippen LogP contribution in [0.2, 0.25) is 5.02 Å². The van der Waals surface area contributed by atoms with Gasteiger partial charge in [-0.15, -0.1) is 0 Å². The van der Waals surface area contributed by atoms with Crippen LogP contribution < -0.4 is 10.1 Å². The molecule has 0 saturated heterocycles. The molecule has 1 amide bonds. The molecule has 2 aromatic rings. The smallest absolute Gasteiger partial charge is 0.417 e. The standard InChI is InChI=1S/C18H17ClF3NO2/c1-3-15(25-16-7-5-4-6-11(16)2)17(24)23-12-8-9-14(19)13(10-12)18(20,21)22/h4-10,15H,3H2,1-2H3,(H,23,24)/t15-/m1/s1. The van der Waals surface area contributed by atoms with Crippen LogP contribution in [-0.2, 0) is 11.0 Å². The molecule has 0 heterocycles. The van der Waals surface area contributed by atoms with Crippen LogP contribution in [0.1, 0.15) is 24.5 Å². The van der Waals surface area contributed by atoms with E-state index in [2.05, 4.69) is 5.32 Å². The number of halogens is 4. The van der Waals surface area contributed by atoms with E-state index in [1.165, 1.54) is 6.07 Å². The molecule has 0 bridgehead atoms. The first-order valence-corrected chi connectivity index (χ1v) is 8.00. The maximum absolute atomic E-state index is 12.9. The van der Waals surface area contributed by atoms with Crippen LogP contribution in [0.3, 0.4) is 0 Å². The van der Waals surface area contributed by atoms with Gasteiger partial charge in [0, 0.05) is 5.69 Å². The molecule has 0 aliphatic heterocycles. The number of carbonyl (C=O) groups is 1. The molecular weight excluding hydrogens is 355 g/mol. The zero-order valence-electron chi connectivity index (χ0n) is 13.7. The quantitative estimate of drug-likeness (QED) is 0.757. The highest BCUT2D eigenvalue weighted by molar-refractivity contribution is 6.31. The summed E-state index contributed by atoms with van der Waals surface area (Å²) in [5, 5.41) is 2.03. The molecule has 0 radical (unpaired) electrons. The highest BCUT2D eigenvalue weighted by Crippen LogP contribution is 2.36. The van der Waals surface area contributed by atoms with Gasteiger partial charge in [-0.1, -0.05) is 36.7 Å². The second kappa shape index (κ2) is 7.78. The minimum Gasteiger partial charge on any atom is -0.480 e. The number of hydrogen-bond donors (Lipinski definition) is 1. The Hall–Kier alpha value is -2.21. The Morgan fingerprint density at radius 2 is 1.92 bits per heavy atom. The largest absolute Gasteiger partial charge is 0.480 e. The van der Waals surface area contributed by atoms with Gasteiger partial charge in [-0.2, -0.15) is 13.2 Å². The number of rotatable bonds is 5. The van der Waals surface area contributed by atoms with Crippen LogP contribution in [0.25, 0.3) is 0 Å². The summed E-state index contributed by atoms with van der Waals surface area (Å²) in [4.78, 5) is 12.4. The Morgan fingerprint density at radius 1 is 1.24 bits per heavy atom. The molecule has 0 fully saturated rings. The van der Waals surface area contributed by atoms with Crippen LogP contribution in [0.4, 0.5) is 18.9 Å². The predicted molar refractivity (Wildman–Crippen MR) is 91.0 cm³/mol. The topological polar surface area (TPSA) is 38.3 Å². The summed E-state index contributed by atoms with van der Waals surface area (Å²) >= 11 is 5.57. The average molecular weight is 372 g/mol. The van der Waals surface area contributed by atoms with Gasteiger partial charge in [-0.05, 0) is 43.2 Å². The molecule has 7 heteroatoms. The third-order valence-electron chi connectivity index (χ3n) is 3.57. The van der Waals surface area contributed by atoms with Gasteiger partial charge in [0.1, 0.15) is 5.75 Å². The molecule has 134 valence electrons. The van der Waals surface area contributed by atoms with Crippen molar-refractivity contribution in [1.29, 1.82) is 0 Å². The first-order valence-electron chi connectivity index (χ1n) is 7.62. The van der Waals surface area contributed by atoms with Crippen molar-refractivity contribution in [3.63, 3.8) is 0 Å². The lowest BCUT2D eigenvalue weighted by Gasteiger charge is -2.19. The summed E-state index contributed by atoms with van der Waals surface area (Å²) in [6.07, 6.45) is -5.06. The number of para-hydroxylation sites is 1. The van der Waals surface area contributed by atoms with Gasteiger partial charge in [0.25, 0.3) is 5.91 Å². The molecule has 0 aliphatic rings. The van der Waals surface area contributed by atoms with Crippen molar-refractivity contribution in [2.24, 2.45) is 0 Å². The lowest BCUT2D eigenvalue weighted by atomic mass is 10.1. The zero-order chi connectivity index (χ0) is 18.6. The molecule has 0 aromatic heterocycles. The molecule has 2 rings (SSSR count). The monoisotopic (exact) mass is 371 g/mol. The second-order valence-electron chi connectivity index (χ2n) is 5.46. The van der Waals surface area contributed by atoms with E-state index in [1.807, 2.05) is 19.1 Å². The zero-order valence-corrected chi connectivity index (χ0v) is 14.4. The van der Waals surface area contributed by atoms with Gasteiger partial charge in [-0.25, -0.2) is 0 Å². The van der Waals surface area contributed by atoms with Crippen LogP contribution in [-0.4, -0.2) is 12.0 Å². The number of hydrogen-bond acceptors (Lipinski definition) is 2. The predicted octanol–water partition coefficient (Wildman–Crippen LogP) is 5.46. The van der Waals surface area contributed by atoms with Crippen molar-refractivity contribution in [3.8, 4) is 5.75 Å². The summed E-state index contributed by atoms with van der Waals surface area (Å²) in [5.74, 6) is 0.0257. The molecule has 3 nitrogen and oxygen atoms in total. The average Bonchev–Trinajstić information content (AvgIpc) is 2.54. The number of carbonyl (C=O) groups excluding carboxylic acids is 1. The lowest BCUT2D eigenvalue weighted by molar-refractivity contribution is -0.137. The van der Waals surface area contributed by atoms with E-state index in [4.69, 9.17) is 16.3 Å². The third-order valence-corrected chi connectivity index (χ3v) is 3.89. The molecule has 2 aromatic carbocycles. The van der Waals surface area contributed by atoms with E-state index >= 15 is 0 Å². The van der Waals surface area contributed by atoms with Crippen molar-refractivity contribution in [2.75, 3.05) is 5.32 Å². The van der Waals surface area contributed by atoms with E-state index < -0.39 is 28.8 Å². The Labute approximate surface area is 148 Å². The Bertz CT molecular complexity index is 762. The Kier molecular flexibility index (Phi) is 5.95. The first-order chi connectivity index (χ1) is 11.7. The molecule has 0 spiro atoms. The fourth-order valence-corrected chi connectivity index (χ4v) is 2.43. The van der Waals surface area contributed by atoms with Gasteiger partial charge in [-0.3, -0.25) is 4.79 Å². The fraction of sp³-hybridized carbons (Fsp3) is 0.278. The van der Waals surface area contributed by atoms with Crippen molar-refractivity contribution in [1.82, 2.24) is 0 Å². The number of ether oxygens (including phenoxy) is 1. The number of nitrogens with one attached hydrogen (secondary N) is 1. The Morgan fingerprint density at radius 3 is 2.52 bits per heavy atom. The van der Waals surface area contributed by atoms with Crippen LogP contribution in [0.15, 0.2) is 42.5 Å². The summed E-state index contributed by atoms with van der Waals surface area (Å²) in [5.41, 5.74) is -0.131. The number of aryl methyl sites for hydroxylation is 1. The van der Waals surface area contributed by atoms with Gasteiger partial charge in [0.2, 0.25) is 0 Å². The minimum absolute atomic E-state index is 0.00792. The number of anilines is 1. The van der Waals surface area contributed by atoms with Crippen molar-refractivity contribution in [3.05, 3.63) is 58.6 Å². The van der Waals surface area contributed by atoms with Gasteiger partial charge in [0.05, 0.1) is 10.6 Å². The molecule has 0 aliphatic carbocycles. The van der Waals surface area contributed by atoms with Crippen molar-refractivity contribution >= 4 is 23.2 Å². The molecule has 1 atom stereocenters. The van der Waals surface area contributed by atoms with Crippen molar-refractivity contribution < 1.29 is 22.7 Å². The van der Waals surface area contributed by atoms with Crippen LogP contribution in [0, 0.1) is 6.92 Å². The van der Waals surface area contributed by atoms with E-state index in [0.29, 0.717) is 12.2 Å². The maximum Gasteiger partial charge on any atom is 0.417 e. The summed E-state index contributed by atoms with van der Waals surface area (Å²) in [6, 6.07) is 10.4. The summed E-state index contributed by atoms with van der Waals surface area (Å²) in [6.45, 7) is 3.60. The van der Waals surface area contributed by atoms with Crippen LogP contribution in [0.5, 0.6) is 5.75 Å². The Balaban J connectivity index is 2.16. The normalized spacial score (nSPS) is 12.6. The third kappa shape index (κ3) is 4.89. The fourth-order valence-electron chi connectivity index (χ4n) is 2.21. The highest BCUT2D eigenvalue weighted by Gasteiger charge is 2.33. The SMILES string of the molecule is CC[C@@H](Oc1ccccc1C)C(=O)Nc1ccc(Cl)c(C(F)(F)F)c1. The lowest BCUT2D eigenvalue weighted by Crippen LogP contribution is -2.32. The maximum atomic E-state index is 12.9. The van der Waals surface area contributed by atoms with E-state index in [1.54, 1.807) is 19.1 Å². The van der Waals surface area contributed by atoms with E-state index in [0.717, 1.165) is 17.7 Å². The molecule has 1 N–H and O–H groups in total. The molecule has 25 heavy (non-hydrogen) atoms. The molecule has 0 unspecified atom stereocenters. The number of amides is 1. The highest BCUT2D eigenvalue weighted by atomic mass is 35.5. The second-order valence-corrected chi connectivity index (χ2v) is 5.87. The van der Waals surface area contributed by atoms with E-state index in [9.17, 15) is 18.0 Å². The summed E-state index contributed by atoms with van der Waals surface area (Å²) < 4.78 is 44.4. The van der Waals surface area contributed by atoms with Crippen LogP contribution >= 0.6 is 11.6 Å². The number of benzene rings is 2. The summed E-state index contributed by atoms with van der Waals surface area (Å²) in [7, 11) is 0. The minimum atomic E-state index is -4.60. The van der Waals surface area contributed by atoms with Gasteiger partial charge in [0.15, 0.2) is 6.10 Å². The van der Waals surface area contributed by atoms with E-state index in [-0.39, 0.29) is 5.69 Å². The molecule has 0 saturated carbocycles. The van der Waals surface area contributed by atoms with Crippen molar-refractivity contribution in [2.45, 2.75) is 32.5 Å².